The van der Waals surface area contributed by atoms with Crippen LogP contribution in [0, 0.1) is 17.4 Å². The summed E-state index contributed by atoms with van der Waals surface area (Å²) in [7, 11) is 3.17. The zero-order valence-electron chi connectivity index (χ0n) is 19.2. The number of ether oxygens (including phenoxy) is 2. The topological polar surface area (TPSA) is 98.3 Å². The van der Waals surface area contributed by atoms with E-state index >= 15 is 0 Å². The number of aryl methyl sites for hydroxylation is 1. The van der Waals surface area contributed by atoms with Crippen molar-refractivity contribution >= 4 is 88.2 Å². The number of carbonyl (C=O) groups is 1. The molecule has 178 valence electrons. The zero-order valence-corrected chi connectivity index (χ0v) is 23.0. The number of anilines is 3. The Kier molecular flexibility index (Phi) is 6.47. The van der Waals surface area contributed by atoms with Crippen LogP contribution in [0.15, 0.2) is 36.0 Å². The molecule has 2 N–H and O–H groups in total. The predicted octanol–water partition coefficient (Wildman–Crippen LogP) is 6.54. The Hall–Kier alpha value is -3.03. The number of carbonyl (C=O) groups excluding carboxylic acids is 1. The second kappa shape index (κ2) is 9.55. The van der Waals surface area contributed by atoms with Crippen molar-refractivity contribution < 1.29 is 14.3 Å². The van der Waals surface area contributed by atoms with E-state index in [9.17, 15) is 4.79 Å². The SMILES string of the molecule is COc1cc(OC)c(I)c(NC(=O)c2csc3c(Nc4nc5ccc(C)cc5s4)ncnc23)c1C. The molecule has 3 heterocycles. The highest BCUT2D eigenvalue weighted by molar-refractivity contribution is 14.1. The molecule has 8 nitrogen and oxygen atoms in total. The highest BCUT2D eigenvalue weighted by Crippen LogP contribution is 2.39. The van der Waals surface area contributed by atoms with E-state index in [4.69, 9.17) is 9.47 Å². The minimum Gasteiger partial charge on any atom is -0.496 e. The summed E-state index contributed by atoms with van der Waals surface area (Å²) >= 11 is 5.13. The van der Waals surface area contributed by atoms with Gasteiger partial charge in [0.25, 0.3) is 5.91 Å². The van der Waals surface area contributed by atoms with Gasteiger partial charge >= 0.3 is 0 Å². The molecule has 0 fully saturated rings. The summed E-state index contributed by atoms with van der Waals surface area (Å²) in [5, 5.41) is 8.86. The summed E-state index contributed by atoms with van der Waals surface area (Å²) in [6.07, 6.45) is 1.45. The molecule has 0 spiro atoms. The highest BCUT2D eigenvalue weighted by atomic mass is 127. The molecule has 3 aromatic heterocycles. The molecule has 0 saturated carbocycles. The van der Waals surface area contributed by atoms with E-state index in [1.165, 1.54) is 23.2 Å². The quantitative estimate of drug-likeness (QED) is 0.209. The van der Waals surface area contributed by atoms with Gasteiger partial charge in [-0.05, 0) is 54.1 Å². The maximum Gasteiger partial charge on any atom is 0.258 e. The van der Waals surface area contributed by atoms with Gasteiger partial charge in [-0.25, -0.2) is 15.0 Å². The molecule has 0 bridgehead atoms. The number of methoxy groups -OCH3 is 2. The number of hydrogen-bond acceptors (Lipinski definition) is 9. The molecule has 0 unspecified atom stereocenters. The molecule has 11 heteroatoms. The van der Waals surface area contributed by atoms with Crippen molar-refractivity contribution in [2.24, 2.45) is 0 Å². The van der Waals surface area contributed by atoms with Gasteiger partial charge in [0.05, 0.1) is 49.5 Å². The molecule has 0 atom stereocenters. The Labute approximate surface area is 222 Å². The number of halogens is 1. The monoisotopic (exact) mass is 617 g/mol. The Morgan fingerprint density at radius 3 is 2.66 bits per heavy atom. The van der Waals surface area contributed by atoms with Crippen molar-refractivity contribution in [2.45, 2.75) is 13.8 Å². The van der Waals surface area contributed by atoms with E-state index in [-0.39, 0.29) is 5.91 Å². The maximum absolute atomic E-state index is 13.3. The molecule has 0 aliphatic rings. The van der Waals surface area contributed by atoms with Crippen molar-refractivity contribution in [1.82, 2.24) is 15.0 Å². The van der Waals surface area contributed by atoms with E-state index in [1.54, 1.807) is 37.0 Å². The largest absolute Gasteiger partial charge is 0.496 e. The van der Waals surface area contributed by atoms with Crippen LogP contribution >= 0.6 is 45.3 Å². The standard InChI is InChI=1S/C24H20IN5O3S2/c1-11-5-6-14-17(7-11)35-24(28-14)30-22-21-20(26-10-27-22)13(9-34-21)23(31)29-19-12(2)15(32-3)8-16(33-4)18(19)25/h5-10H,1-4H3,(H,29,31)(H,26,27,28,30). The first-order chi connectivity index (χ1) is 16.9. The van der Waals surface area contributed by atoms with E-state index in [0.717, 1.165) is 29.2 Å². The summed E-state index contributed by atoms with van der Waals surface area (Å²) in [5.74, 6) is 1.60. The van der Waals surface area contributed by atoms with Crippen LogP contribution in [-0.4, -0.2) is 35.1 Å². The third-order valence-electron chi connectivity index (χ3n) is 5.49. The fourth-order valence-corrected chi connectivity index (χ4v) is 6.50. The number of nitrogens with one attached hydrogen (secondary N) is 2. The summed E-state index contributed by atoms with van der Waals surface area (Å²) in [6, 6.07) is 7.96. The third-order valence-corrected chi connectivity index (χ3v) is 8.47. The molecular weight excluding hydrogens is 597 g/mol. The summed E-state index contributed by atoms with van der Waals surface area (Å²) in [4.78, 5) is 26.8. The van der Waals surface area contributed by atoms with Crippen molar-refractivity contribution in [3.63, 3.8) is 0 Å². The molecular formula is C24H20IN5O3S2. The van der Waals surface area contributed by atoms with Gasteiger partial charge in [-0.2, -0.15) is 0 Å². The summed E-state index contributed by atoms with van der Waals surface area (Å²) in [5.41, 5.74) is 4.61. The second-order valence-electron chi connectivity index (χ2n) is 7.71. The van der Waals surface area contributed by atoms with Gasteiger partial charge < -0.3 is 20.1 Å². The number of benzene rings is 2. The zero-order chi connectivity index (χ0) is 24.7. The molecule has 5 rings (SSSR count). The van der Waals surface area contributed by atoms with Crippen molar-refractivity contribution in [3.8, 4) is 11.5 Å². The number of amides is 1. The minimum atomic E-state index is -0.271. The van der Waals surface area contributed by atoms with Crippen LogP contribution in [0.1, 0.15) is 21.5 Å². The third kappa shape index (κ3) is 4.39. The van der Waals surface area contributed by atoms with Crippen LogP contribution in [0.25, 0.3) is 20.4 Å². The van der Waals surface area contributed by atoms with Crippen LogP contribution in [0.3, 0.4) is 0 Å². The minimum absolute atomic E-state index is 0.271. The number of thiophene rings is 1. The van der Waals surface area contributed by atoms with Crippen LogP contribution in [0.4, 0.5) is 16.6 Å². The predicted molar refractivity (Wildman–Crippen MR) is 150 cm³/mol. The number of rotatable bonds is 6. The molecule has 35 heavy (non-hydrogen) atoms. The van der Waals surface area contributed by atoms with E-state index in [2.05, 4.69) is 61.2 Å². The van der Waals surface area contributed by atoms with E-state index in [1.807, 2.05) is 19.1 Å². The Morgan fingerprint density at radius 2 is 1.89 bits per heavy atom. The molecule has 1 amide bonds. The number of aromatic nitrogens is 3. The van der Waals surface area contributed by atoms with E-state index in [0.29, 0.717) is 34.1 Å². The first-order valence-electron chi connectivity index (χ1n) is 10.5. The average molecular weight is 617 g/mol. The normalized spacial score (nSPS) is 11.1. The Morgan fingerprint density at radius 1 is 1.09 bits per heavy atom. The van der Waals surface area contributed by atoms with Crippen LogP contribution in [0.2, 0.25) is 0 Å². The van der Waals surface area contributed by atoms with Crippen molar-refractivity contribution in [1.29, 1.82) is 0 Å². The van der Waals surface area contributed by atoms with Crippen LogP contribution in [-0.2, 0) is 0 Å². The van der Waals surface area contributed by atoms with Gasteiger partial charge in [0, 0.05) is 17.0 Å². The second-order valence-corrected chi connectivity index (χ2v) is 10.7. The lowest BCUT2D eigenvalue weighted by atomic mass is 10.1. The van der Waals surface area contributed by atoms with E-state index < -0.39 is 0 Å². The van der Waals surface area contributed by atoms with Gasteiger partial charge in [-0.3, -0.25) is 4.79 Å². The first-order valence-corrected chi connectivity index (χ1v) is 13.3. The molecule has 5 aromatic rings. The number of thiazole rings is 1. The van der Waals surface area contributed by atoms with Gasteiger partial charge in [0.15, 0.2) is 10.9 Å². The fourth-order valence-electron chi connectivity index (χ4n) is 3.68. The van der Waals surface area contributed by atoms with Gasteiger partial charge in [-0.15, -0.1) is 11.3 Å². The Bertz CT molecular complexity index is 1570. The highest BCUT2D eigenvalue weighted by Gasteiger charge is 2.21. The Balaban J connectivity index is 1.48. The van der Waals surface area contributed by atoms with Gasteiger partial charge in [0.1, 0.15) is 17.8 Å². The van der Waals surface area contributed by atoms with Crippen LogP contribution in [0.5, 0.6) is 11.5 Å². The molecule has 0 aliphatic heterocycles. The average Bonchev–Trinajstić information content (AvgIpc) is 3.46. The lowest BCUT2D eigenvalue weighted by Gasteiger charge is -2.16. The molecule has 0 aliphatic carbocycles. The number of fused-ring (bicyclic) bond motifs is 2. The molecule has 0 saturated heterocycles. The summed E-state index contributed by atoms with van der Waals surface area (Å²) in [6.45, 7) is 3.95. The van der Waals surface area contributed by atoms with Crippen molar-refractivity contribution in [3.05, 3.63) is 56.2 Å². The number of nitrogens with zero attached hydrogens (tertiary/aromatic N) is 3. The lowest BCUT2D eigenvalue weighted by Crippen LogP contribution is -2.14. The first kappa shape index (κ1) is 23.7. The smallest absolute Gasteiger partial charge is 0.258 e. The van der Waals surface area contributed by atoms with Gasteiger partial charge in [-0.1, -0.05) is 17.4 Å². The lowest BCUT2D eigenvalue weighted by molar-refractivity contribution is 0.102. The fraction of sp³-hybridized carbons (Fsp3) is 0.167. The van der Waals surface area contributed by atoms with Gasteiger partial charge in [0.2, 0.25) is 0 Å². The van der Waals surface area contributed by atoms with Crippen molar-refractivity contribution in [2.75, 3.05) is 24.9 Å². The summed E-state index contributed by atoms with van der Waals surface area (Å²) < 4.78 is 13.6. The number of hydrogen-bond donors (Lipinski definition) is 2. The maximum atomic E-state index is 13.3. The molecule has 2 aromatic carbocycles. The molecule has 0 radical (unpaired) electrons. The van der Waals surface area contributed by atoms with Crippen LogP contribution < -0.4 is 20.1 Å².